The Morgan fingerprint density at radius 2 is 1.59 bits per heavy atom. The lowest BCUT2D eigenvalue weighted by molar-refractivity contribution is -0.129. The number of nitrogens with zero attached hydrogens (tertiary/aromatic N) is 3. The molecule has 1 aliphatic heterocycles. The van der Waals surface area contributed by atoms with Gasteiger partial charge in [0.05, 0.1) is 11.4 Å². The van der Waals surface area contributed by atoms with Gasteiger partial charge in [-0.15, -0.1) is 10.2 Å². The van der Waals surface area contributed by atoms with Crippen molar-refractivity contribution in [2.75, 3.05) is 18.8 Å². The lowest BCUT2D eigenvalue weighted by Gasteiger charge is -2.32. The summed E-state index contributed by atoms with van der Waals surface area (Å²) in [6.45, 7) is 1.71. The van der Waals surface area contributed by atoms with E-state index in [9.17, 15) is 4.79 Å². The van der Waals surface area contributed by atoms with Crippen LogP contribution < -0.4 is 0 Å². The van der Waals surface area contributed by atoms with E-state index in [0.29, 0.717) is 11.7 Å². The summed E-state index contributed by atoms with van der Waals surface area (Å²) < 4.78 is 0. The average molecular weight is 404 g/mol. The molecule has 1 amide bonds. The highest BCUT2D eigenvalue weighted by atomic mass is 32.2. The second kappa shape index (κ2) is 9.70. The van der Waals surface area contributed by atoms with Crippen molar-refractivity contribution in [1.82, 2.24) is 15.1 Å². The number of aromatic nitrogens is 2. The molecule has 1 saturated heterocycles. The minimum absolute atomic E-state index is 0.196. The molecule has 0 spiro atoms. The van der Waals surface area contributed by atoms with E-state index >= 15 is 0 Å². The molecule has 4 nitrogen and oxygen atoms in total. The SMILES string of the molecule is O=C(CSc1ccc(-c2ccccc2)nn1)N1CCC(Cc2ccccc2)CC1. The van der Waals surface area contributed by atoms with Gasteiger partial charge in [-0.25, -0.2) is 0 Å². The van der Waals surface area contributed by atoms with Crippen LogP contribution in [0.15, 0.2) is 77.8 Å². The summed E-state index contributed by atoms with van der Waals surface area (Å²) in [6, 6.07) is 24.5. The van der Waals surface area contributed by atoms with Gasteiger partial charge in [-0.05, 0) is 42.9 Å². The number of rotatable bonds is 6. The van der Waals surface area contributed by atoms with E-state index < -0.39 is 0 Å². The van der Waals surface area contributed by atoms with Crippen LogP contribution in [0.4, 0.5) is 0 Å². The van der Waals surface area contributed by atoms with Crippen molar-refractivity contribution in [3.05, 3.63) is 78.4 Å². The monoisotopic (exact) mass is 403 g/mol. The van der Waals surface area contributed by atoms with Gasteiger partial charge >= 0.3 is 0 Å². The van der Waals surface area contributed by atoms with Crippen LogP contribution in [0.2, 0.25) is 0 Å². The third kappa shape index (κ3) is 5.45. The molecule has 0 saturated carbocycles. The van der Waals surface area contributed by atoms with Gasteiger partial charge < -0.3 is 4.90 Å². The minimum atomic E-state index is 0.196. The molecule has 0 N–H and O–H groups in total. The van der Waals surface area contributed by atoms with Gasteiger partial charge in [0.25, 0.3) is 0 Å². The van der Waals surface area contributed by atoms with E-state index in [0.717, 1.165) is 48.6 Å². The molecule has 0 aliphatic carbocycles. The first kappa shape index (κ1) is 19.6. The number of hydrogen-bond acceptors (Lipinski definition) is 4. The Morgan fingerprint density at radius 1 is 0.897 bits per heavy atom. The fourth-order valence-electron chi connectivity index (χ4n) is 3.72. The molecular formula is C24H25N3OS. The Labute approximate surface area is 176 Å². The summed E-state index contributed by atoms with van der Waals surface area (Å²) in [5.41, 5.74) is 3.29. The number of likely N-dealkylation sites (tertiary alicyclic amines) is 1. The molecule has 2 aromatic carbocycles. The first-order valence-electron chi connectivity index (χ1n) is 10.1. The molecule has 4 rings (SSSR count). The van der Waals surface area contributed by atoms with E-state index in [1.54, 1.807) is 0 Å². The van der Waals surface area contributed by atoms with Gasteiger partial charge in [0.2, 0.25) is 5.91 Å². The molecule has 29 heavy (non-hydrogen) atoms. The van der Waals surface area contributed by atoms with Gasteiger partial charge in [-0.1, -0.05) is 72.4 Å². The third-order valence-electron chi connectivity index (χ3n) is 5.39. The third-order valence-corrected chi connectivity index (χ3v) is 6.29. The second-order valence-corrected chi connectivity index (χ2v) is 8.42. The predicted molar refractivity (Wildman–Crippen MR) is 118 cm³/mol. The lowest BCUT2D eigenvalue weighted by atomic mass is 9.90. The van der Waals surface area contributed by atoms with Crippen molar-refractivity contribution >= 4 is 17.7 Å². The maximum absolute atomic E-state index is 12.6. The number of benzene rings is 2. The molecule has 0 radical (unpaired) electrons. The van der Waals surface area contributed by atoms with E-state index in [1.165, 1.54) is 17.3 Å². The Hall–Kier alpha value is -2.66. The smallest absolute Gasteiger partial charge is 0.232 e. The zero-order valence-electron chi connectivity index (χ0n) is 16.4. The summed E-state index contributed by atoms with van der Waals surface area (Å²) in [6.07, 6.45) is 3.27. The summed E-state index contributed by atoms with van der Waals surface area (Å²) in [5, 5.41) is 9.36. The summed E-state index contributed by atoms with van der Waals surface area (Å²) in [4.78, 5) is 14.6. The molecule has 1 aromatic heterocycles. The van der Waals surface area contributed by atoms with Crippen molar-refractivity contribution in [3.8, 4) is 11.3 Å². The van der Waals surface area contributed by atoms with Crippen LogP contribution in [0.25, 0.3) is 11.3 Å². The van der Waals surface area contributed by atoms with Crippen molar-refractivity contribution in [1.29, 1.82) is 0 Å². The van der Waals surface area contributed by atoms with Gasteiger partial charge in [-0.2, -0.15) is 0 Å². The number of carbonyl (C=O) groups is 1. The maximum atomic E-state index is 12.6. The van der Waals surface area contributed by atoms with E-state index in [4.69, 9.17) is 0 Å². The first-order chi connectivity index (χ1) is 14.3. The van der Waals surface area contributed by atoms with Crippen LogP contribution >= 0.6 is 11.8 Å². The number of amides is 1. The Kier molecular flexibility index (Phi) is 6.57. The normalized spacial score (nSPS) is 14.7. The number of hydrogen-bond donors (Lipinski definition) is 0. The standard InChI is InChI=1S/C24H25N3OS/c28-24(27-15-13-20(14-16-27)17-19-7-3-1-4-8-19)18-29-23-12-11-22(25-26-23)21-9-5-2-6-10-21/h1-12,20H,13-18H2. The van der Waals surface area contributed by atoms with E-state index in [1.807, 2.05) is 47.4 Å². The van der Waals surface area contributed by atoms with Crippen molar-refractivity contribution < 1.29 is 4.79 Å². The van der Waals surface area contributed by atoms with Crippen LogP contribution in [0.1, 0.15) is 18.4 Å². The van der Waals surface area contributed by atoms with E-state index in [-0.39, 0.29) is 5.91 Å². The first-order valence-corrected chi connectivity index (χ1v) is 11.1. The quantitative estimate of drug-likeness (QED) is 0.559. The number of piperidine rings is 1. The zero-order valence-corrected chi connectivity index (χ0v) is 17.2. The fourth-order valence-corrected chi connectivity index (χ4v) is 4.44. The summed E-state index contributed by atoms with van der Waals surface area (Å²) >= 11 is 1.46. The van der Waals surface area contributed by atoms with Crippen LogP contribution in [0.3, 0.4) is 0 Å². The van der Waals surface area contributed by atoms with E-state index in [2.05, 4.69) is 40.5 Å². The highest BCUT2D eigenvalue weighted by Gasteiger charge is 2.23. The zero-order chi connectivity index (χ0) is 19.9. The second-order valence-electron chi connectivity index (χ2n) is 7.43. The Bertz CT molecular complexity index is 908. The molecule has 0 bridgehead atoms. The molecule has 3 aromatic rings. The highest BCUT2D eigenvalue weighted by molar-refractivity contribution is 7.99. The topological polar surface area (TPSA) is 46.1 Å². The van der Waals surface area contributed by atoms with Crippen LogP contribution in [0.5, 0.6) is 0 Å². The average Bonchev–Trinajstić information content (AvgIpc) is 2.80. The molecule has 5 heteroatoms. The molecule has 1 aliphatic rings. The molecule has 148 valence electrons. The van der Waals surface area contributed by atoms with Gasteiger partial charge in [-0.3, -0.25) is 4.79 Å². The van der Waals surface area contributed by atoms with Gasteiger partial charge in [0, 0.05) is 18.7 Å². The summed E-state index contributed by atoms with van der Waals surface area (Å²) in [7, 11) is 0. The van der Waals surface area contributed by atoms with Crippen molar-refractivity contribution in [2.24, 2.45) is 5.92 Å². The van der Waals surface area contributed by atoms with Crippen molar-refractivity contribution in [2.45, 2.75) is 24.3 Å². The largest absolute Gasteiger partial charge is 0.342 e. The highest BCUT2D eigenvalue weighted by Crippen LogP contribution is 2.24. The van der Waals surface area contributed by atoms with Crippen LogP contribution in [-0.2, 0) is 11.2 Å². The fraction of sp³-hybridized carbons (Fsp3) is 0.292. The minimum Gasteiger partial charge on any atom is -0.342 e. The number of thioether (sulfide) groups is 1. The lowest BCUT2D eigenvalue weighted by Crippen LogP contribution is -2.39. The molecule has 2 heterocycles. The van der Waals surface area contributed by atoms with Crippen LogP contribution in [0, 0.1) is 5.92 Å². The van der Waals surface area contributed by atoms with Gasteiger partial charge in [0.1, 0.15) is 5.03 Å². The molecule has 1 fully saturated rings. The van der Waals surface area contributed by atoms with Gasteiger partial charge in [0.15, 0.2) is 0 Å². The summed E-state index contributed by atoms with van der Waals surface area (Å²) in [5.74, 6) is 1.29. The van der Waals surface area contributed by atoms with Crippen molar-refractivity contribution in [3.63, 3.8) is 0 Å². The molecule has 0 atom stereocenters. The Morgan fingerprint density at radius 3 is 2.24 bits per heavy atom. The molecular weight excluding hydrogens is 378 g/mol. The predicted octanol–water partition coefficient (Wildman–Crippen LogP) is 4.72. The van der Waals surface area contributed by atoms with Crippen LogP contribution in [-0.4, -0.2) is 39.8 Å². The number of carbonyl (C=O) groups excluding carboxylic acids is 1. The Balaban J connectivity index is 1.23. The molecule has 0 unspecified atom stereocenters. The maximum Gasteiger partial charge on any atom is 0.232 e.